The molecule has 22 heavy (non-hydrogen) atoms. The molecule has 0 fully saturated rings. The van der Waals surface area contributed by atoms with Crippen molar-refractivity contribution in [1.29, 1.82) is 0 Å². The molecule has 0 radical (unpaired) electrons. The number of aromatic amines is 1. The van der Waals surface area contributed by atoms with E-state index in [9.17, 15) is 9.90 Å². The Bertz CT molecular complexity index is 1030. The molecule has 1 aromatic carbocycles. The number of aryl methyl sites for hydroxylation is 1. The SMILES string of the molecule is Cn1cc(-c2nc(C(=O)O)cc3c2[nH]c2ccccc23)cn1. The minimum atomic E-state index is -1.04. The second-order valence-electron chi connectivity index (χ2n) is 5.16. The van der Waals surface area contributed by atoms with E-state index in [1.54, 1.807) is 16.9 Å². The number of carboxylic acids is 1. The first kappa shape index (κ1) is 12.6. The summed E-state index contributed by atoms with van der Waals surface area (Å²) < 4.78 is 1.67. The second kappa shape index (κ2) is 4.42. The van der Waals surface area contributed by atoms with E-state index in [1.807, 2.05) is 37.5 Å². The number of rotatable bonds is 2. The van der Waals surface area contributed by atoms with Gasteiger partial charge in [0.15, 0.2) is 0 Å². The molecule has 6 heteroatoms. The van der Waals surface area contributed by atoms with E-state index in [4.69, 9.17) is 0 Å². The summed E-state index contributed by atoms with van der Waals surface area (Å²) in [5, 5.41) is 15.3. The lowest BCUT2D eigenvalue weighted by Crippen LogP contribution is -2.01. The summed E-state index contributed by atoms with van der Waals surface area (Å²) in [5.41, 5.74) is 3.17. The van der Waals surface area contributed by atoms with Crippen LogP contribution in [0.3, 0.4) is 0 Å². The fourth-order valence-electron chi connectivity index (χ4n) is 2.71. The standard InChI is InChI=1S/C16H12N4O2/c1-20-8-9(7-17-20)14-15-11(6-13(19-14)16(21)22)10-4-2-3-5-12(10)18-15/h2-8,18H,1H3,(H,21,22). The second-order valence-corrected chi connectivity index (χ2v) is 5.16. The van der Waals surface area contributed by atoms with Crippen LogP contribution in [0.1, 0.15) is 10.5 Å². The highest BCUT2D eigenvalue weighted by atomic mass is 16.4. The Morgan fingerprint density at radius 3 is 2.82 bits per heavy atom. The van der Waals surface area contributed by atoms with Gasteiger partial charge in [0.05, 0.1) is 17.4 Å². The highest BCUT2D eigenvalue weighted by Crippen LogP contribution is 2.32. The molecule has 6 nitrogen and oxygen atoms in total. The maximum absolute atomic E-state index is 11.4. The van der Waals surface area contributed by atoms with Crippen molar-refractivity contribution in [3.8, 4) is 11.3 Å². The number of aromatic carboxylic acids is 1. The number of nitrogens with one attached hydrogen (secondary N) is 1. The zero-order valence-corrected chi connectivity index (χ0v) is 11.7. The molecule has 2 N–H and O–H groups in total. The summed E-state index contributed by atoms with van der Waals surface area (Å²) in [7, 11) is 1.81. The summed E-state index contributed by atoms with van der Waals surface area (Å²) in [6, 6.07) is 9.40. The zero-order valence-electron chi connectivity index (χ0n) is 11.7. The van der Waals surface area contributed by atoms with E-state index in [2.05, 4.69) is 15.1 Å². The number of carboxylic acid groups (broad SMARTS) is 1. The van der Waals surface area contributed by atoms with E-state index in [0.717, 1.165) is 27.4 Å². The van der Waals surface area contributed by atoms with Gasteiger partial charge in [0, 0.05) is 35.1 Å². The molecule has 0 amide bonds. The molecule has 0 atom stereocenters. The highest BCUT2D eigenvalue weighted by Gasteiger charge is 2.17. The minimum absolute atomic E-state index is 0.0242. The van der Waals surface area contributed by atoms with E-state index >= 15 is 0 Å². The van der Waals surface area contributed by atoms with E-state index < -0.39 is 5.97 Å². The number of nitrogens with zero attached hydrogens (tertiary/aromatic N) is 3. The molecule has 3 heterocycles. The van der Waals surface area contributed by atoms with Crippen LogP contribution < -0.4 is 0 Å². The Morgan fingerprint density at radius 2 is 2.09 bits per heavy atom. The molecule has 0 saturated heterocycles. The van der Waals surface area contributed by atoms with Gasteiger partial charge in [0.25, 0.3) is 0 Å². The Balaban J connectivity index is 2.15. The largest absolute Gasteiger partial charge is 0.477 e. The molecule has 4 aromatic rings. The maximum Gasteiger partial charge on any atom is 0.354 e. The topological polar surface area (TPSA) is 83.8 Å². The van der Waals surface area contributed by atoms with Gasteiger partial charge in [0.2, 0.25) is 0 Å². The Labute approximate surface area is 125 Å². The van der Waals surface area contributed by atoms with Gasteiger partial charge in [-0.2, -0.15) is 5.10 Å². The van der Waals surface area contributed by atoms with Crippen LogP contribution in [0, 0.1) is 0 Å². The van der Waals surface area contributed by atoms with Crippen LogP contribution in [-0.2, 0) is 7.05 Å². The Morgan fingerprint density at radius 1 is 1.27 bits per heavy atom. The number of hydrogen-bond acceptors (Lipinski definition) is 3. The van der Waals surface area contributed by atoms with Crippen molar-refractivity contribution in [2.75, 3.05) is 0 Å². The van der Waals surface area contributed by atoms with Crippen molar-refractivity contribution in [1.82, 2.24) is 19.7 Å². The van der Waals surface area contributed by atoms with Gasteiger partial charge < -0.3 is 10.1 Å². The maximum atomic E-state index is 11.4. The third kappa shape index (κ3) is 1.77. The van der Waals surface area contributed by atoms with Gasteiger partial charge in [0.1, 0.15) is 5.69 Å². The molecule has 0 unspecified atom stereocenters. The van der Waals surface area contributed by atoms with Crippen LogP contribution in [-0.4, -0.2) is 30.8 Å². The van der Waals surface area contributed by atoms with Gasteiger partial charge in [-0.1, -0.05) is 18.2 Å². The number of H-pyrrole nitrogens is 1. The molecule has 0 saturated carbocycles. The van der Waals surface area contributed by atoms with Crippen molar-refractivity contribution in [3.63, 3.8) is 0 Å². The third-order valence-electron chi connectivity index (χ3n) is 3.69. The molecular formula is C16H12N4O2. The normalized spacial score (nSPS) is 11.3. The van der Waals surface area contributed by atoms with Gasteiger partial charge >= 0.3 is 5.97 Å². The van der Waals surface area contributed by atoms with E-state index in [0.29, 0.717) is 5.69 Å². The highest BCUT2D eigenvalue weighted by molar-refractivity contribution is 6.12. The number of hydrogen-bond donors (Lipinski definition) is 2. The monoisotopic (exact) mass is 292 g/mol. The molecule has 0 aliphatic carbocycles. The molecule has 0 spiro atoms. The van der Waals surface area contributed by atoms with Crippen molar-refractivity contribution in [3.05, 3.63) is 48.4 Å². The van der Waals surface area contributed by atoms with E-state index in [-0.39, 0.29) is 5.69 Å². The number of benzene rings is 1. The summed E-state index contributed by atoms with van der Waals surface area (Å²) in [6.07, 6.45) is 3.50. The van der Waals surface area contributed by atoms with Gasteiger partial charge in [-0.15, -0.1) is 0 Å². The van der Waals surface area contributed by atoms with Crippen LogP contribution in [0.25, 0.3) is 33.1 Å². The number of pyridine rings is 1. The predicted octanol–water partition coefficient (Wildman–Crippen LogP) is 2.81. The van der Waals surface area contributed by atoms with Crippen LogP contribution in [0.2, 0.25) is 0 Å². The van der Waals surface area contributed by atoms with Crippen LogP contribution >= 0.6 is 0 Å². The fourth-order valence-corrected chi connectivity index (χ4v) is 2.71. The lowest BCUT2D eigenvalue weighted by Gasteiger charge is -2.02. The van der Waals surface area contributed by atoms with Crippen molar-refractivity contribution < 1.29 is 9.90 Å². The van der Waals surface area contributed by atoms with Gasteiger partial charge in [-0.25, -0.2) is 9.78 Å². The molecule has 0 bridgehead atoms. The first-order chi connectivity index (χ1) is 10.6. The number of fused-ring (bicyclic) bond motifs is 3. The van der Waals surface area contributed by atoms with Crippen LogP contribution in [0.4, 0.5) is 0 Å². The van der Waals surface area contributed by atoms with Crippen LogP contribution in [0.5, 0.6) is 0 Å². The first-order valence-corrected chi connectivity index (χ1v) is 6.77. The summed E-state index contributed by atoms with van der Waals surface area (Å²) in [6.45, 7) is 0. The quantitative estimate of drug-likeness (QED) is 0.595. The lowest BCUT2D eigenvalue weighted by atomic mass is 10.1. The molecule has 108 valence electrons. The molecule has 0 aliphatic heterocycles. The lowest BCUT2D eigenvalue weighted by molar-refractivity contribution is 0.0691. The van der Waals surface area contributed by atoms with Crippen molar-refractivity contribution >= 4 is 27.8 Å². The number of aromatic nitrogens is 4. The van der Waals surface area contributed by atoms with Crippen molar-refractivity contribution in [2.24, 2.45) is 7.05 Å². The Kier molecular flexibility index (Phi) is 2.53. The zero-order chi connectivity index (χ0) is 15.3. The molecule has 0 aliphatic rings. The average Bonchev–Trinajstić information content (AvgIpc) is 3.09. The summed E-state index contributed by atoms with van der Waals surface area (Å²) in [5.74, 6) is -1.04. The number of carbonyl (C=O) groups is 1. The van der Waals surface area contributed by atoms with Crippen LogP contribution in [0.15, 0.2) is 42.7 Å². The molecule has 3 aromatic heterocycles. The summed E-state index contributed by atoms with van der Waals surface area (Å²) in [4.78, 5) is 19.0. The smallest absolute Gasteiger partial charge is 0.354 e. The van der Waals surface area contributed by atoms with Gasteiger partial charge in [-0.3, -0.25) is 4.68 Å². The molecule has 4 rings (SSSR count). The van der Waals surface area contributed by atoms with Crippen molar-refractivity contribution in [2.45, 2.75) is 0 Å². The Hall–Kier alpha value is -3.15. The molecular weight excluding hydrogens is 280 g/mol. The fraction of sp³-hybridized carbons (Fsp3) is 0.0625. The van der Waals surface area contributed by atoms with E-state index in [1.165, 1.54) is 0 Å². The predicted molar refractivity (Wildman–Crippen MR) is 82.8 cm³/mol. The number of para-hydroxylation sites is 1. The van der Waals surface area contributed by atoms with Gasteiger partial charge in [-0.05, 0) is 12.1 Å². The third-order valence-corrected chi connectivity index (χ3v) is 3.69. The average molecular weight is 292 g/mol. The minimum Gasteiger partial charge on any atom is -0.477 e. The summed E-state index contributed by atoms with van der Waals surface area (Å²) >= 11 is 0. The first-order valence-electron chi connectivity index (χ1n) is 6.77.